The van der Waals surface area contributed by atoms with Gasteiger partial charge in [-0.05, 0) is 31.2 Å². The summed E-state index contributed by atoms with van der Waals surface area (Å²) >= 11 is 0. The van der Waals surface area contributed by atoms with Crippen molar-refractivity contribution in [3.63, 3.8) is 0 Å². The van der Waals surface area contributed by atoms with Crippen molar-refractivity contribution in [3.05, 3.63) is 48.5 Å². The maximum atomic E-state index is 13.6. The molecule has 2 heterocycles. The molecule has 2 aromatic rings. The van der Waals surface area contributed by atoms with Crippen LogP contribution in [0.25, 0.3) is 11.1 Å². The predicted molar refractivity (Wildman–Crippen MR) is 103 cm³/mol. The molecule has 140 valence electrons. The molecule has 0 atom stereocenters. The van der Waals surface area contributed by atoms with Crippen molar-refractivity contribution in [1.29, 1.82) is 0 Å². The van der Waals surface area contributed by atoms with Gasteiger partial charge in [-0.2, -0.15) is 0 Å². The van der Waals surface area contributed by atoms with Crippen molar-refractivity contribution >= 4 is 13.6 Å². The van der Waals surface area contributed by atoms with Gasteiger partial charge in [0.2, 0.25) is 0 Å². The van der Waals surface area contributed by atoms with Crippen LogP contribution in [-0.4, -0.2) is 35.5 Å². The zero-order valence-electron chi connectivity index (χ0n) is 15.5. The van der Waals surface area contributed by atoms with Crippen molar-refractivity contribution in [3.8, 4) is 22.6 Å². The molecule has 0 saturated carbocycles. The van der Waals surface area contributed by atoms with E-state index in [1.165, 1.54) is 5.01 Å². The third-order valence-corrected chi connectivity index (χ3v) is 5.97. The maximum Gasteiger partial charge on any atom is 0.565 e. The van der Waals surface area contributed by atoms with E-state index < -0.39 is 13.3 Å². The van der Waals surface area contributed by atoms with Gasteiger partial charge in [0, 0.05) is 25.2 Å². The van der Waals surface area contributed by atoms with E-state index in [4.69, 9.17) is 9.05 Å². The highest BCUT2D eigenvalue weighted by Gasteiger charge is 2.42. The Kier molecular flexibility index (Phi) is 3.96. The number of para-hydroxylation sites is 2. The molecular weight excluding hydrogens is 365 g/mol. The summed E-state index contributed by atoms with van der Waals surface area (Å²) in [6, 6.07) is 14.8. The minimum Gasteiger partial charge on any atom is -0.398 e. The van der Waals surface area contributed by atoms with E-state index in [0.717, 1.165) is 11.1 Å². The largest absolute Gasteiger partial charge is 0.565 e. The Bertz CT molecular complexity index is 952. The van der Waals surface area contributed by atoms with Crippen molar-refractivity contribution < 1.29 is 13.6 Å². The molecule has 2 aliphatic rings. The summed E-state index contributed by atoms with van der Waals surface area (Å²) in [5.74, 6) is 1.35. The average molecular weight is 385 g/mol. The first-order valence-corrected chi connectivity index (χ1v) is 9.97. The molecule has 27 heavy (non-hydrogen) atoms. The summed E-state index contributed by atoms with van der Waals surface area (Å²) < 4.78 is 29.7. The Morgan fingerprint density at radius 3 is 2.00 bits per heavy atom. The van der Waals surface area contributed by atoms with E-state index in [1.54, 1.807) is 31.2 Å². The Hall–Kier alpha value is -2.86. The van der Waals surface area contributed by atoms with Crippen LogP contribution in [0, 0.1) is 0 Å². The van der Waals surface area contributed by atoms with E-state index in [0.29, 0.717) is 17.3 Å². The van der Waals surface area contributed by atoms with Gasteiger partial charge < -0.3 is 9.05 Å². The minimum atomic E-state index is -3.92. The van der Waals surface area contributed by atoms with Crippen molar-refractivity contribution in [1.82, 2.24) is 10.0 Å². The standard InChI is InChI=1S/C18H20N5O3P/c1-18(2)17(22(3)20-21-23(18)4)19-27(24)25-15-11-7-5-9-13(15)14-10-6-8-12-16(14)26-27/h5-12H,1-4H3. The highest BCUT2D eigenvalue weighted by atomic mass is 31.2. The number of hydrogen-bond donors (Lipinski definition) is 0. The normalized spacial score (nSPS) is 21.0. The van der Waals surface area contributed by atoms with Crippen LogP contribution in [0.3, 0.4) is 0 Å². The van der Waals surface area contributed by atoms with Crippen molar-refractivity contribution in [2.45, 2.75) is 19.4 Å². The van der Waals surface area contributed by atoms with E-state index in [2.05, 4.69) is 15.2 Å². The van der Waals surface area contributed by atoms with Crippen LogP contribution in [0.2, 0.25) is 0 Å². The molecule has 0 N–H and O–H groups in total. The highest BCUT2D eigenvalue weighted by Crippen LogP contribution is 2.57. The topological polar surface area (TPSA) is 79.1 Å². The van der Waals surface area contributed by atoms with Gasteiger partial charge in [-0.15, -0.1) is 4.76 Å². The van der Waals surface area contributed by atoms with Crippen LogP contribution in [-0.2, 0) is 4.57 Å². The summed E-state index contributed by atoms with van der Waals surface area (Å²) in [5, 5.41) is 11.2. The molecule has 0 radical (unpaired) electrons. The number of amidine groups is 1. The van der Waals surface area contributed by atoms with E-state index >= 15 is 0 Å². The minimum absolute atomic E-state index is 0.431. The van der Waals surface area contributed by atoms with Crippen LogP contribution in [0.15, 0.2) is 63.7 Å². The van der Waals surface area contributed by atoms with Crippen molar-refractivity contribution in [2.24, 2.45) is 15.2 Å². The van der Waals surface area contributed by atoms with Crippen LogP contribution in [0.4, 0.5) is 0 Å². The number of fused-ring (bicyclic) bond motifs is 3. The molecule has 2 aromatic carbocycles. The second-order valence-corrected chi connectivity index (χ2v) is 8.35. The molecule has 0 aromatic heterocycles. The third kappa shape index (κ3) is 2.96. The summed E-state index contributed by atoms with van der Waals surface area (Å²) in [6.45, 7) is 3.82. The number of hydrogen-bond acceptors (Lipinski definition) is 6. The Morgan fingerprint density at radius 2 is 1.44 bits per heavy atom. The monoisotopic (exact) mass is 385 g/mol. The molecule has 0 bridgehead atoms. The third-order valence-electron chi connectivity index (χ3n) is 4.68. The number of likely N-dealkylation sites (N-methyl/N-ethyl adjacent to an activating group) is 2. The molecule has 0 unspecified atom stereocenters. The first kappa shape index (κ1) is 17.5. The number of benzene rings is 2. The van der Waals surface area contributed by atoms with E-state index in [-0.39, 0.29) is 0 Å². The summed E-state index contributed by atoms with van der Waals surface area (Å²) in [6.07, 6.45) is 0. The average Bonchev–Trinajstić information content (AvgIpc) is 2.76. The molecule has 8 nitrogen and oxygen atoms in total. The van der Waals surface area contributed by atoms with Gasteiger partial charge in [0.25, 0.3) is 0 Å². The molecule has 0 aliphatic carbocycles. The van der Waals surface area contributed by atoms with Gasteiger partial charge in [-0.25, -0.2) is 9.57 Å². The van der Waals surface area contributed by atoms with E-state index in [1.807, 2.05) is 50.2 Å². The second kappa shape index (κ2) is 6.09. The van der Waals surface area contributed by atoms with Gasteiger partial charge in [0.1, 0.15) is 17.0 Å². The molecule has 0 fully saturated rings. The number of rotatable bonds is 1. The lowest BCUT2D eigenvalue weighted by Gasteiger charge is -2.39. The summed E-state index contributed by atoms with van der Waals surface area (Å²) in [4.78, 5) is 0. The fourth-order valence-electron chi connectivity index (χ4n) is 2.96. The van der Waals surface area contributed by atoms with Crippen LogP contribution < -0.4 is 9.05 Å². The Morgan fingerprint density at radius 1 is 0.926 bits per heavy atom. The molecule has 0 spiro atoms. The molecule has 0 amide bonds. The number of nitrogens with zero attached hydrogens (tertiary/aromatic N) is 5. The maximum absolute atomic E-state index is 13.6. The zero-order valence-corrected chi connectivity index (χ0v) is 16.4. The van der Waals surface area contributed by atoms with Gasteiger partial charge in [0.05, 0.1) is 0 Å². The lowest BCUT2D eigenvalue weighted by atomic mass is 10.0. The van der Waals surface area contributed by atoms with Gasteiger partial charge in [0.15, 0.2) is 5.84 Å². The fraction of sp³-hybridized carbons (Fsp3) is 0.278. The van der Waals surface area contributed by atoms with Crippen LogP contribution in [0.1, 0.15) is 13.8 Å². The molecule has 0 saturated heterocycles. The van der Waals surface area contributed by atoms with Gasteiger partial charge in [-0.1, -0.05) is 41.6 Å². The van der Waals surface area contributed by atoms with Crippen LogP contribution in [0.5, 0.6) is 11.5 Å². The van der Waals surface area contributed by atoms with Gasteiger partial charge >= 0.3 is 7.75 Å². The predicted octanol–water partition coefficient (Wildman–Crippen LogP) is 4.57. The highest BCUT2D eigenvalue weighted by molar-refractivity contribution is 7.53. The van der Waals surface area contributed by atoms with E-state index in [9.17, 15) is 4.57 Å². The molecule has 2 aliphatic heterocycles. The zero-order chi connectivity index (χ0) is 19.2. The fourth-order valence-corrected chi connectivity index (χ4v) is 4.50. The second-order valence-electron chi connectivity index (χ2n) is 6.85. The van der Waals surface area contributed by atoms with Gasteiger partial charge in [-0.3, -0.25) is 5.01 Å². The SMILES string of the molecule is CN1N=NN(C)C(C)(C)C1=NP1(=O)Oc2ccccc2-c2ccccc2O1. The lowest BCUT2D eigenvalue weighted by molar-refractivity contribution is 0.154. The smallest absolute Gasteiger partial charge is 0.398 e. The first-order valence-electron chi connectivity index (χ1n) is 8.48. The molecule has 9 heteroatoms. The summed E-state index contributed by atoms with van der Waals surface area (Å²) in [7, 11) is -0.439. The van der Waals surface area contributed by atoms with Crippen LogP contribution >= 0.6 is 7.75 Å². The first-order chi connectivity index (χ1) is 12.8. The summed E-state index contributed by atoms with van der Waals surface area (Å²) in [5.41, 5.74) is 0.963. The van der Waals surface area contributed by atoms with Crippen molar-refractivity contribution in [2.75, 3.05) is 14.1 Å². The quantitative estimate of drug-likeness (QED) is 0.672. The molecule has 4 rings (SSSR count). The lowest BCUT2D eigenvalue weighted by Crippen LogP contribution is -2.53. The molecular formula is C18H20N5O3P. The Labute approximate surface area is 157 Å². The Balaban J connectivity index is 1.87.